The van der Waals surface area contributed by atoms with Crippen molar-refractivity contribution in [2.24, 2.45) is 0 Å². The first kappa shape index (κ1) is 19.4. The molecule has 0 aliphatic carbocycles. The summed E-state index contributed by atoms with van der Waals surface area (Å²) in [6.45, 7) is 3.61. The SMILES string of the molecule is COc1ccc(O[C@@H](C)C(=O)N[C@H](C)c2ccc(OC)c(OC)c2)cc1. The maximum Gasteiger partial charge on any atom is 0.261 e. The van der Waals surface area contributed by atoms with E-state index in [0.29, 0.717) is 17.2 Å². The number of benzene rings is 2. The Hall–Kier alpha value is -2.89. The first-order valence-corrected chi connectivity index (χ1v) is 8.31. The zero-order valence-electron chi connectivity index (χ0n) is 15.7. The molecule has 0 aliphatic heterocycles. The highest BCUT2D eigenvalue weighted by atomic mass is 16.5. The number of hydrogen-bond acceptors (Lipinski definition) is 5. The van der Waals surface area contributed by atoms with E-state index in [9.17, 15) is 4.79 Å². The molecule has 2 aromatic rings. The summed E-state index contributed by atoms with van der Waals surface area (Å²) in [5, 5.41) is 2.94. The lowest BCUT2D eigenvalue weighted by Gasteiger charge is -2.20. The molecule has 1 N–H and O–H groups in total. The van der Waals surface area contributed by atoms with Crippen LogP contribution in [0.5, 0.6) is 23.0 Å². The second-order valence-electron chi connectivity index (χ2n) is 5.78. The molecule has 0 saturated carbocycles. The van der Waals surface area contributed by atoms with Crippen LogP contribution >= 0.6 is 0 Å². The smallest absolute Gasteiger partial charge is 0.261 e. The molecule has 1 amide bonds. The van der Waals surface area contributed by atoms with Crippen LogP contribution in [-0.4, -0.2) is 33.3 Å². The van der Waals surface area contributed by atoms with Crippen LogP contribution < -0.4 is 24.3 Å². The number of hydrogen-bond donors (Lipinski definition) is 1. The van der Waals surface area contributed by atoms with Gasteiger partial charge in [-0.1, -0.05) is 6.07 Å². The Morgan fingerprint density at radius 2 is 1.46 bits per heavy atom. The first-order valence-electron chi connectivity index (χ1n) is 8.31. The van der Waals surface area contributed by atoms with E-state index in [0.717, 1.165) is 11.3 Å². The molecule has 0 unspecified atom stereocenters. The fraction of sp³-hybridized carbons (Fsp3) is 0.350. The number of ether oxygens (including phenoxy) is 4. The Balaban J connectivity index is 1.98. The van der Waals surface area contributed by atoms with Crippen LogP contribution in [-0.2, 0) is 4.79 Å². The minimum absolute atomic E-state index is 0.204. The number of carbonyl (C=O) groups is 1. The molecule has 0 fully saturated rings. The van der Waals surface area contributed by atoms with E-state index in [1.807, 2.05) is 25.1 Å². The predicted octanol–water partition coefficient (Wildman–Crippen LogP) is 3.36. The van der Waals surface area contributed by atoms with E-state index >= 15 is 0 Å². The van der Waals surface area contributed by atoms with Gasteiger partial charge < -0.3 is 24.3 Å². The molecule has 0 heterocycles. The van der Waals surface area contributed by atoms with Gasteiger partial charge in [0.2, 0.25) is 0 Å². The molecule has 2 aromatic carbocycles. The molecule has 26 heavy (non-hydrogen) atoms. The van der Waals surface area contributed by atoms with E-state index < -0.39 is 6.10 Å². The summed E-state index contributed by atoms with van der Waals surface area (Å²) in [5.41, 5.74) is 0.910. The molecule has 0 bridgehead atoms. The maximum absolute atomic E-state index is 12.4. The first-order chi connectivity index (χ1) is 12.5. The summed E-state index contributed by atoms with van der Waals surface area (Å²) >= 11 is 0. The molecule has 2 rings (SSSR count). The van der Waals surface area contributed by atoms with Crippen LogP contribution in [0.4, 0.5) is 0 Å². The maximum atomic E-state index is 12.4. The quantitative estimate of drug-likeness (QED) is 0.783. The van der Waals surface area contributed by atoms with Gasteiger partial charge in [0.05, 0.1) is 27.4 Å². The summed E-state index contributed by atoms with van der Waals surface area (Å²) < 4.78 is 21.3. The molecule has 2 atom stereocenters. The van der Waals surface area contributed by atoms with Crippen LogP contribution in [0.2, 0.25) is 0 Å². The minimum Gasteiger partial charge on any atom is -0.497 e. The third kappa shape index (κ3) is 4.81. The van der Waals surface area contributed by atoms with E-state index in [-0.39, 0.29) is 11.9 Å². The Labute approximate surface area is 154 Å². The highest BCUT2D eigenvalue weighted by Crippen LogP contribution is 2.30. The van der Waals surface area contributed by atoms with Crippen LogP contribution in [0.25, 0.3) is 0 Å². The fourth-order valence-corrected chi connectivity index (χ4v) is 2.45. The topological polar surface area (TPSA) is 66.0 Å². The van der Waals surface area contributed by atoms with Gasteiger partial charge in [-0.2, -0.15) is 0 Å². The third-order valence-corrected chi connectivity index (χ3v) is 4.01. The Morgan fingerprint density at radius 1 is 0.846 bits per heavy atom. The van der Waals surface area contributed by atoms with Crippen molar-refractivity contribution in [3.63, 3.8) is 0 Å². The predicted molar refractivity (Wildman–Crippen MR) is 99.2 cm³/mol. The van der Waals surface area contributed by atoms with Crippen molar-refractivity contribution in [1.29, 1.82) is 0 Å². The van der Waals surface area contributed by atoms with Crippen LogP contribution in [0.15, 0.2) is 42.5 Å². The van der Waals surface area contributed by atoms with Crippen molar-refractivity contribution in [3.05, 3.63) is 48.0 Å². The van der Waals surface area contributed by atoms with E-state index in [2.05, 4.69) is 5.32 Å². The Kier molecular flexibility index (Phi) is 6.72. The molecule has 140 valence electrons. The monoisotopic (exact) mass is 359 g/mol. The summed E-state index contributed by atoms with van der Waals surface area (Å²) in [6, 6.07) is 12.4. The second kappa shape index (κ2) is 8.99. The van der Waals surface area contributed by atoms with Crippen molar-refractivity contribution in [2.45, 2.75) is 26.0 Å². The van der Waals surface area contributed by atoms with Crippen molar-refractivity contribution in [3.8, 4) is 23.0 Å². The number of amides is 1. The molecule has 0 radical (unpaired) electrons. The average Bonchev–Trinajstić information content (AvgIpc) is 2.67. The largest absolute Gasteiger partial charge is 0.497 e. The standard InChI is InChI=1S/C20H25NO5/c1-13(15-6-11-18(24-4)19(12-15)25-5)21-20(22)14(2)26-17-9-7-16(23-3)8-10-17/h6-14H,1-5H3,(H,21,22)/t13-,14+/m1/s1. The number of methoxy groups -OCH3 is 3. The molecule has 0 spiro atoms. The lowest BCUT2D eigenvalue weighted by atomic mass is 10.1. The van der Waals surface area contributed by atoms with Gasteiger partial charge in [-0.25, -0.2) is 0 Å². The van der Waals surface area contributed by atoms with Crippen molar-refractivity contribution in [1.82, 2.24) is 5.32 Å². The lowest BCUT2D eigenvalue weighted by Crippen LogP contribution is -2.37. The van der Waals surface area contributed by atoms with Gasteiger partial charge in [0, 0.05) is 0 Å². The van der Waals surface area contributed by atoms with E-state index in [4.69, 9.17) is 18.9 Å². The molecule has 0 aliphatic rings. The van der Waals surface area contributed by atoms with Crippen molar-refractivity contribution in [2.75, 3.05) is 21.3 Å². The van der Waals surface area contributed by atoms with Crippen molar-refractivity contribution >= 4 is 5.91 Å². The number of nitrogens with one attached hydrogen (secondary N) is 1. The molecule has 6 heteroatoms. The van der Waals surface area contributed by atoms with Gasteiger partial charge in [-0.15, -0.1) is 0 Å². The van der Waals surface area contributed by atoms with Gasteiger partial charge in [0.1, 0.15) is 11.5 Å². The molecule has 6 nitrogen and oxygen atoms in total. The molecule has 0 saturated heterocycles. The van der Waals surface area contributed by atoms with Gasteiger partial charge >= 0.3 is 0 Å². The highest BCUT2D eigenvalue weighted by Gasteiger charge is 2.18. The van der Waals surface area contributed by atoms with Crippen LogP contribution in [0, 0.1) is 0 Å². The van der Waals surface area contributed by atoms with Crippen LogP contribution in [0.3, 0.4) is 0 Å². The van der Waals surface area contributed by atoms with Crippen molar-refractivity contribution < 1.29 is 23.7 Å². The van der Waals surface area contributed by atoms with Gasteiger partial charge in [0.15, 0.2) is 17.6 Å². The molecular weight excluding hydrogens is 334 g/mol. The fourth-order valence-electron chi connectivity index (χ4n) is 2.45. The Bertz CT molecular complexity index is 729. The second-order valence-corrected chi connectivity index (χ2v) is 5.78. The van der Waals surface area contributed by atoms with E-state index in [1.54, 1.807) is 52.5 Å². The van der Waals surface area contributed by atoms with Crippen LogP contribution in [0.1, 0.15) is 25.5 Å². The molecule has 0 aromatic heterocycles. The third-order valence-electron chi connectivity index (χ3n) is 4.01. The normalized spacial score (nSPS) is 12.7. The summed E-state index contributed by atoms with van der Waals surface area (Å²) in [7, 11) is 4.76. The zero-order valence-corrected chi connectivity index (χ0v) is 15.7. The highest BCUT2D eigenvalue weighted by molar-refractivity contribution is 5.81. The summed E-state index contributed by atoms with van der Waals surface area (Å²) in [6.07, 6.45) is -0.633. The zero-order chi connectivity index (χ0) is 19.1. The molecular formula is C20H25NO5. The summed E-state index contributed by atoms with van der Waals surface area (Å²) in [4.78, 5) is 12.4. The van der Waals surface area contributed by atoms with Gasteiger partial charge in [-0.05, 0) is 55.8 Å². The van der Waals surface area contributed by atoms with E-state index in [1.165, 1.54) is 0 Å². The number of rotatable bonds is 8. The average molecular weight is 359 g/mol. The lowest BCUT2D eigenvalue weighted by molar-refractivity contribution is -0.127. The number of carbonyl (C=O) groups excluding carboxylic acids is 1. The minimum atomic E-state index is -0.633. The van der Waals surface area contributed by atoms with Gasteiger partial charge in [0.25, 0.3) is 5.91 Å². The van der Waals surface area contributed by atoms with Gasteiger partial charge in [-0.3, -0.25) is 4.79 Å². The summed E-state index contributed by atoms with van der Waals surface area (Å²) in [5.74, 6) is 2.39. The Morgan fingerprint density at radius 3 is 2.04 bits per heavy atom.